The van der Waals surface area contributed by atoms with Crippen LogP contribution in [0.1, 0.15) is 41.3 Å². The molecule has 0 radical (unpaired) electrons. The highest BCUT2D eigenvalue weighted by Crippen LogP contribution is 2.34. The van der Waals surface area contributed by atoms with E-state index in [-0.39, 0.29) is 11.9 Å². The lowest BCUT2D eigenvalue weighted by atomic mass is 9.99. The molecule has 120 valence electrons. The average Bonchev–Trinajstić information content (AvgIpc) is 3.15. The lowest BCUT2D eigenvalue weighted by molar-refractivity contribution is -0.929. The zero-order chi connectivity index (χ0) is 15.8. The number of piperidine rings is 1. The fraction of sp³-hybridized carbons (Fsp3) is 0.412. The van der Waals surface area contributed by atoms with Crippen LogP contribution in [0.25, 0.3) is 4.96 Å². The molecule has 1 aliphatic rings. The summed E-state index contributed by atoms with van der Waals surface area (Å²) in [5.41, 5.74) is 2.51. The van der Waals surface area contributed by atoms with E-state index in [2.05, 4.69) is 41.3 Å². The number of nitrogens with zero attached hydrogens (tertiary/aromatic N) is 3. The van der Waals surface area contributed by atoms with Crippen LogP contribution in [-0.4, -0.2) is 32.8 Å². The van der Waals surface area contributed by atoms with E-state index < -0.39 is 0 Å². The van der Waals surface area contributed by atoms with Gasteiger partial charge in [0.25, 0.3) is 0 Å². The molecule has 23 heavy (non-hydrogen) atoms. The first kappa shape index (κ1) is 14.7. The molecule has 4 rings (SSSR count). The van der Waals surface area contributed by atoms with Crippen molar-refractivity contribution in [3.8, 4) is 5.88 Å². The van der Waals surface area contributed by atoms with Gasteiger partial charge in [0.1, 0.15) is 11.2 Å². The minimum absolute atomic E-state index is 0.157. The molecule has 3 heterocycles. The number of aromatic nitrogens is 3. The Labute approximate surface area is 139 Å². The summed E-state index contributed by atoms with van der Waals surface area (Å²) in [4.78, 5) is 7.49. The first-order valence-corrected chi connectivity index (χ1v) is 8.98. The summed E-state index contributed by atoms with van der Waals surface area (Å²) >= 11 is 1.55. The first-order valence-electron chi connectivity index (χ1n) is 8.16. The second-order valence-electron chi connectivity index (χ2n) is 6.31. The molecule has 3 aromatic rings. The van der Waals surface area contributed by atoms with Crippen LogP contribution in [0.4, 0.5) is 0 Å². The van der Waals surface area contributed by atoms with Crippen molar-refractivity contribution in [3.63, 3.8) is 0 Å². The highest BCUT2D eigenvalue weighted by Gasteiger charge is 2.33. The molecule has 1 saturated heterocycles. The number of thiazole rings is 1. The lowest BCUT2D eigenvalue weighted by Crippen LogP contribution is -3.13. The summed E-state index contributed by atoms with van der Waals surface area (Å²) in [6.07, 6.45) is 5.30. The van der Waals surface area contributed by atoms with Crippen LogP contribution in [0.15, 0.2) is 30.6 Å². The van der Waals surface area contributed by atoms with Crippen LogP contribution >= 0.6 is 11.3 Å². The van der Waals surface area contributed by atoms with Crippen molar-refractivity contribution in [2.45, 2.75) is 32.2 Å². The van der Waals surface area contributed by atoms with Crippen LogP contribution < -0.4 is 4.90 Å². The van der Waals surface area contributed by atoms with Crippen molar-refractivity contribution in [1.29, 1.82) is 0 Å². The Morgan fingerprint density at radius 3 is 2.61 bits per heavy atom. The molecule has 0 aliphatic carbocycles. The molecular weight excluding hydrogens is 308 g/mol. The molecule has 1 fully saturated rings. The molecule has 0 unspecified atom stereocenters. The Bertz CT molecular complexity index is 802. The van der Waals surface area contributed by atoms with E-state index in [1.165, 1.54) is 41.6 Å². The molecule has 2 aromatic heterocycles. The van der Waals surface area contributed by atoms with Gasteiger partial charge in [0.2, 0.25) is 10.8 Å². The van der Waals surface area contributed by atoms with Gasteiger partial charge in [-0.15, -0.1) is 0 Å². The van der Waals surface area contributed by atoms with Gasteiger partial charge in [-0.05, 0) is 26.2 Å². The molecule has 0 saturated carbocycles. The van der Waals surface area contributed by atoms with Crippen LogP contribution in [0.2, 0.25) is 0 Å². The van der Waals surface area contributed by atoms with Crippen LogP contribution in [0.3, 0.4) is 0 Å². The van der Waals surface area contributed by atoms with Gasteiger partial charge in [0, 0.05) is 5.56 Å². The van der Waals surface area contributed by atoms with Crippen molar-refractivity contribution in [2.75, 3.05) is 13.1 Å². The fourth-order valence-electron chi connectivity index (χ4n) is 3.51. The number of aromatic hydroxyl groups is 1. The van der Waals surface area contributed by atoms with Crippen LogP contribution in [0.5, 0.6) is 5.88 Å². The number of benzene rings is 1. The molecule has 1 aromatic carbocycles. The molecule has 1 aliphatic heterocycles. The smallest absolute Gasteiger partial charge is 0.235 e. The zero-order valence-corrected chi connectivity index (χ0v) is 14.0. The molecule has 1 atom stereocenters. The van der Waals surface area contributed by atoms with Gasteiger partial charge >= 0.3 is 0 Å². The maximum absolute atomic E-state index is 10.7. The normalized spacial score (nSPS) is 17.6. The van der Waals surface area contributed by atoms with Crippen LogP contribution in [0, 0.1) is 6.92 Å². The molecule has 0 bridgehead atoms. The maximum Gasteiger partial charge on any atom is 0.235 e. The van der Waals surface area contributed by atoms with E-state index in [1.807, 2.05) is 0 Å². The van der Waals surface area contributed by atoms with Crippen molar-refractivity contribution in [2.24, 2.45) is 0 Å². The molecule has 5 nitrogen and oxygen atoms in total. The summed E-state index contributed by atoms with van der Waals surface area (Å²) < 4.78 is 1.55. The Balaban J connectivity index is 1.81. The maximum atomic E-state index is 10.7. The van der Waals surface area contributed by atoms with E-state index in [0.29, 0.717) is 0 Å². The number of nitrogens with one attached hydrogen (secondary N) is 1. The number of likely N-dealkylation sites (tertiary alicyclic amines) is 1. The zero-order valence-electron chi connectivity index (χ0n) is 13.2. The van der Waals surface area contributed by atoms with Gasteiger partial charge in [0.05, 0.1) is 13.1 Å². The first-order chi connectivity index (χ1) is 11.2. The summed E-state index contributed by atoms with van der Waals surface area (Å²) in [6.45, 7) is 4.39. The van der Waals surface area contributed by atoms with Crippen molar-refractivity contribution >= 4 is 16.3 Å². The van der Waals surface area contributed by atoms with Gasteiger partial charge in [-0.2, -0.15) is 9.61 Å². The number of fused-ring (bicyclic) bond motifs is 1. The number of quaternary nitrogens is 1. The highest BCUT2D eigenvalue weighted by atomic mass is 32.1. The third kappa shape index (κ3) is 2.62. The van der Waals surface area contributed by atoms with Gasteiger partial charge in [-0.1, -0.05) is 41.2 Å². The molecule has 2 N–H and O–H groups in total. The van der Waals surface area contributed by atoms with E-state index >= 15 is 0 Å². The van der Waals surface area contributed by atoms with E-state index in [1.54, 1.807) is 15.9 Å². The van der Waals surface area contributed by atoms with Gasteiger partial charge in [0.15, 0.2) is 6.04 Å². The summed E-state index contributed by atoms with van der Waals surface area (Å²) in [5.74, 6) is 0.242. The number of aryl methyl sites for hydroxylation is 1. The highest BCUT2D eigenvalue weighted by molar-refractivity contribution is 7.17. The summed E-state index contributed by atoms with van der Waals surface area (Å²) in [7, 11) is 0. The molecule has 0 spiro atoms. The van der Waals surface area contributed by atoms with Crippen molar-refractivity contribution < 1.29 is 10.0 Å². The lowest BCUT2D eigenvalue weighted by Gasteiger charge is -2.31. The second kappa shape index (κ2) is 5.94. The minimum atomic E-state index is 0.157. The van der Waals surface area contributed by atoms with E-state index in [0.717, 1.165) is 22.9 Å². The largest absolute Gasteiger partial charge is 0.492 e. The third-order valence-electron chi connectivity index (χ3n) is 4.72. The van der Waals surface area contributed by atoms with E-state index in [4.69, 9.17) is 0 Å². The third-order valence-corrected chi connectivity index (χ3v) is 5.81. The SMILES string of the molecule is Cc1ccc([C@@H](c2sc3ncnn3c2O)[NH+]2CCCCC2)cc1. The Morgan fingerprint density at radius 2 is 1.91 bits per heavy atom. The second-order valence-corrected chi connectivity index (χ2v) is 7.32. The predicted molar refractivity (Wildman–Crippen MR) is 90.1 cm³/mol. The van der Waals surface area contributed by atoms with Gasteiger partial charge in [-0.25, -0.2) is 4.98 Å². The van der Waals surface area contributed by atoms with Gasteiger partial charge < -0.3 is 10.0 Å². The van der Waals surface area contributed by atoms with Crippen LogP contribution in [-0.2, 0) is 0 Å². The fourth-order valence-corrected chi connectivity index (χ4v) is 4.62. The van der Waals surface area contributed by atoms with Crippen molar-refractivity contribution in [3.05, 3.63) is 46.6 Å². The van der Waals surface area contributed by atoms with E-state index in [9.17, 15) is 5.11 Å². The molecule has 6 heteroatoms. The minimum Gasteiger partial charge on any atom is -0.492 e. The Kier molecular flexibility index (Phi) is 3.79. The topological polar surface area (TPSA) is 54.9 Å². The molecule has 0 amide bonds. The van der Waals surface area contributed by atoms with Gasteiger partial charge in [-0.3, -0.25) is 0 Å². The van der Waals surface area contributed by atoms with Crippen molar-refractivity contribution in [1.82, 2.24) is 14.6 Å². The average molecular weight is 329 g/mol. The number of hydrogen-bond acceptors (Lipinski definition) is 4. The number of rotatable bonds is 3. The Morgan fingerprint density at radius 1 is 1.17 bits per heavy atom. The number of hydrogen-bond donors (Lipinski definition) is 2. The standard InChI is InChI=1S/C17H20N4OS/c1-12-5-7-13(8-6-12)14(20-9-3-2-4-10-20)15-16(22)21-17(23-15)18-11-19-21/h5-8,11,14,22H,2-4,9-10H2,1H3/p+1/t14-/m0/s1. The Hall–Kier alpha value is -1.92. The molecular formula is C17H21N4OS+. The summed E-state index contributed by atoms with van der Waals surface area (Å²) in [6, 6.07) is 8.84. The summed E-state index contributed by atoms with van der Waals surface area (Å²) in [5, 5.41) is 14.8. The predicted octanol–water partition coefficient (Wildman–Crippen LogP) is 1.96. The quantitative estimate of drug-likeness (QED) is 0.772. The monoisotopic (exact) mass is 329 g/mol.